The minimum absolute atomic E-state index is 0.0453. The molecule has 0 radical (unpaired) electrons. The highest BCUT2D eigenvalue weighted by Crippen LogP contribution is 2.29. The van der Waals surface area contributed by atoms with Crippen molar-refractivity contribution in [1.29, 1.82) is 0 Å². The molecule has 0 spiro atoms. The summed E-state index contributed by atoms with van der Waals surface area (Å²) in [4.78, 5) is 14.3. The van der Waals surface area contributed by atoms with Crippen LogP contribution in [0.5, 0.6) is 0 Å². The summed E-state index contributed by atoms with van der Waals surface area (Å²) in [5, 5.41) is 10.7. The van der Waals surface area contributed by atoms with E-state index < -0.39 is 5.60 Å². The van der Waals surface area contributed by atoms with Crippen LogP contribution in [0.15, 0.2) is 18.2 Å². The lowest BCUT2D eigenvalue weighted by Crippen LogP contribution is -2.50. The van der Waals surface area contributed by atoms with E-state index in [1.165, 1.54) is 0 Å². The van der Waals surface area contributed by atoms with Crippen molar-refractivity contribution in [3.8, 4) is 0 Å². The lowest BCUT2D eigenvalue weighted by atomic mass is 9.84. The van der Waals surface area contributed by atoms with Gasteiger partial charge in [0.25, 0.3) is 5.91 Å². The molecule has 3 nitrogen and oxygen atoms in total. The van der Waals surface area contributed by atoms with Gasteiger partial charge in [-0.1, -0.05) is 30.7 Å². The van der Waals surface area contributed by atoms with Crippen LogP contribution < -0.4 is 0 Å². The number of hydrogen-bond acceptors (Lipinski definition) is 2. The van der Waals surface area contributed by atoms with Gasteiger partial charge in [0.2, 0.25) is 0 Å². The Kier molecular flexibility index (Phi) is 3.88. The molecule has 0 aromatic heterocycles. The van der Waals surface area contributed by atoms with Crippen molar-refractivity contribution < 1.29 is 9.90 Å². The third-order valence-electron chi connectivity index (χ3n) is 4.15. The van der Waals surface area contributed by atoms with Crippen molar-refractivity contribution in [1.82, 2.24) is 4.90 Å². The Morgan fingerprint density at radius 1 is 1.53 bits per heavy atom. The largest absolute Gasteiger partial charge is 0.390 e. The Morgan fingerprint density at radius 2 is 2.21 bits per heavy atom. The summed E-state index contributed by atoms with van der Waals surface area (Å²) in [6.07, 6.45) is 0.601. The van der Waals surface area contributed by atoms with Crippen molar-refractivity contribution in [2.75, 3.05) is 13.1 Å². The summed E-state index contributed by atoms with van der Waals surface area (Å²) in [5.74, 6) is 0.0184. The molecular formula is C15H20ClNO2. The summed E-state index contributed by atoms with van der Waals surface area (Å²) in [6, 6.07) is 5.50. The monoisotopic (exact) mass is 281 g/mol. The first-order valence-corrected chi connectivity index (χ1v) is 6.97. The van der Waals surface area contributed by atoms with Crippen LogP contribution in [0.2, 0.25) is 5.02 Å². The van der Waals surface area contributed by atoms with Crippen molar-refractivity contribution in [2.45, 2.75) is 32.8 Å². The van der Waals surface area contributed by atoms with Gasteiger partial charge in [-0.25, -0.2) is 0 Å². The molecule has 0 unspecified atom stereocenters. The van der Waals surface area contributed by atoms with E-state index in [1.54, 1.807) is 11.0 Å². The molecule has 1 aliphatic heterocycles. The van der Waals surface area contributed by atoms with Crippen LogP contribution in [0.25, 0.3) is 0 Å². The van der Waals surface area contributed by atoms with E-state index in [9.17, 15) is 9.90 Å². The van der Waals surface area contributed by atoms with Gasteiger partial charge in [0.1, 0.15) is 0 Å². The molecule has 2 rings (SSSR count). The molecule has 1 saturated heterocycles. The van der Waals surface area contributed by atoms with Crippen LogP contribution in [0, 0.1) is 12.8 Å². The fourth-order valence-corrected chi connectivity index (χ4v) is 2.60. The molecule has 0 saturated carbocycles. The zero-order valence-corrected chi connectivity index (χ0v) is 12.4. The lowest BCUT2D eigenvalue weighted by Gasteiger charge is -2.41. The summed E-state index contributed by atoms with van der Waals surface area (Å²) >= 11 is 6.20. The zero-order valence-electron chi connectivity index (χ0n) is 11.6. The van der Waals surface area contributed by atoms with Crippen LogP contribution in [0.1, 0.15) is 36.2 Å². The number of carbonyl (C=O) groups is 1. The summed E-state index contributed by atoms with van der Waals surface area (Å²) in [7, 11) is 0. The molecule has 0 bridgehead atoms. The Morgan fingerprint density at radius 3 is 2.84 bits per heavy atom. The van der Waals surface area contributed by atoms with E-state index in [2.05, 4.69) is 0 Å². The first-order chi connectivity index (χ1) is 8.83. The van der Waals surface area contributed by atoms with E-state index in [4.69, 9.17) is 11.6 Å². The van der Waals surface area contributed by atoms with Crippen molar-refractivity contribution in [2.24, 2.45) is 5.92 Å². The average molecular weight is 282 g/mol. The summed E-state index contributed by atoms with van der Waals surface area (Å²) in [5.41, 5.74) is 0.771. The fourth-order valence-electron chi connectivity index (χ4n) is 2.39. The Balaban J connectivity index is 2.20. The topological polar surface area (TPSA) is 40.5 Å². The van der Waals surface area contributed by atoms with Crippen LogP contribution in [0.4, 0.5) is 0 Å². The molecular weight excluding hydrogens is 262 g/mol. The quantitative estimate of drug-likeness (QED) is 0.860. The molecule has 0 aliphatic carbocycles. The number of likely N-dealkylation sites (tertiary alicyclic amines) is 1. The number of nitrogens with zero attached hydrogens (tertiary/aromatic N) is 1. The van der Waals surface area contributed by atoms with Crippen LogP contribution in [-0.4, -0.2) is 34.6 Å². The Bertz CT molecular complexity index is 499. The zero-order chi connectivity index (χ0) is 14.2. The second kappa shape index (κ2) is 5.14. The standard InChI is InChI=1S/C15H20ClNO2/c1-10-5-4-6-12(13(10)16)14(18)17-8-7-15(3,19)11(2)9-17/h4-6,11,19H,7-9H2,1-3H3/t11-,15+/m1/s1. The van der Waals surface area contributed by atoms with E-state index in [-0.39, 0.29) is 11.8 Å². The number of benzene rings is 1. The fraction of sp³-hybridized carbons (Fsp3) is 0.533. The van der Waals surface area contributed by atoms with Crippen LogP contribution >= 0.6 is 11.6 Å². The number of halogens is 1. The maximum absolute atomic E-state index is 12.5. The molecule has 19 heavy (non-hydrogen) atoms. The van der Waals surface area contributed by atoms with Gasteiger partial charge in [0, 0.05) is 19.0 Å². The van der Waals surface area contributed by atoms with Crippen molar-refractivity contribution in [3.63, 3.8) is 0 Å². The molecule has 1 heterocycles. The smallest absolute Gasteiger partial charge is 0.255 e. The van der Waals surface area contributed by atoms with Crippen molar-refractivity contribution >= 4 is 17.5 Å². The number of carbonyl (C=O) groups excluding carboxylic acids is 1. The van der Waals surface area contributed by atoms with Gasteiger partial charge in [0.15, 0.2) is 0 Å². The Hall–Kier alpha value is -1.06. The number of piperidine rings is 1. The molecule has 2 atom stereocenters. The van der Waals surface area contributed by atoms with Gasteiger partial charge in [-0.15, -0.1) is 0 Å². The summed E-state index contributed by atoms with van der Waals surface area (Å²) < 4.78 is 0. The highest BCUT2D eigenvalue weighted by molar-refractivity contribution is 6.34. The van der Waals surface area contributed by atoms with Gasteiger partial charge < -0.3 is 10.0 Å². The molecule has 1 aromatic carbocycles. The van der Waals surface area contributed by atoms with Crippen LogP contribution in [-0.2, 0) is 0 Å². The third kappa shape index (κ3) is 2.77. The van der Waals surface area contributed by atoms with Gasteiger partial charge in [0.05, 0.1) is 16.2 Å². The highest BCUT2D eigenvalue weighted by atomic mass is 35.5. The van der Waals surface area contributed by atoms with Gasteiger partial charge in [-0.05, 0) is 31.9 Å². The number of rotatable bonds is 1. The average Bonchev–Trinajstić information content (AvgIpc) is 2.35. The number of aliphatic hydroxyl groups is 1. The van der Waals surface area contributed by atoms with E-state index in [0.717, 1.165) is 5.56 Å². The van der Waals surface area contributed by atoms with Gasteiger partial charge in [-0.3, -0.25) is 4.79 Å². The third-order valence-corrected chi connectivity index (χ3v) is 4.65. The first kappa shape index (κ1) is 14.4. The minimum Gasteiger partial charge on any atom is -0.390 e. The maximum Gasteiger partial charge on any atom is 0.255 e. The number of hydrogen-bond donors (Lipinski definition) is 1. The van der Waals surface area contributed by atoms with E-state index in [0.29, 0.717) is 30.1 Å². The molecule has 1 amide bonds. The SMILES string of the molecule is Cc1cccc(C(=O)N2CC[C@](C)(O)[C@H](C)C2)c1Cl. The van der Waals surface area contributed by atoms with Gasteiger partial charge >= 0.3 is 0 Å². The number of amides is 1. The molecule has 4 heteroatoms. The Labute approximate surface area is 119 Å². The van der Waals surface area contributed by atoms with Crippen LogP contribution in [0.3, 0.4) is 0 Å². The molecule has 1 aliphatic rings. The maximum atomic E-state index is 12.5. The molecule has 1 N–H and O–H groups in total. The summed E-state index contributed by atoms with van der Waals surface area (Å²) in [6.45, 7) is 6.83. The normalized spacial score (nSPS) is 27.4. The van der Waals surface area contributed by atoms with E-state index >= 15 is 0 Å². The molecule has 1 fully saturated rings. The lowest BCUT2D eigenvalue weighted by molar-refractivity contribution is -0.0439. The second-order valence-electron chi connectivity index (χ2n) is 5.70. The highest BCUT2D eigenvalue weighted by Gasteiger charge is 2.36. The number of aryl methyl sites for hydroxylation is 1. The minimum atomic E-state index is -0.687. The van der Waals surface area contributed by atoms with E-state index in [1.807, 2.05) is 32.9 Å². The van der Waals surface area contributed by atoms with Crippen molar-refractivity contribution in [3.05, 3.63) is 34.3 Å². The second-order valence-corrected chi connectivity index (χ2v) is 6.07. The predicted molar refractivity (Wildman–Crippen MR) is 76.5 cm³/mol. The molecule has 104 valence electrons. The predicted octanol–water partition coefficient (Wildman–Crippen LogP) is 2.88. The van der Waals surface area contributed by atoms with Gasteiger partial charge in [-0.2, -0.15) is 0 Å². The molecule has 1 aromatic rings. The first-order valence-electron chi connectivity index (χ1n) is 6.59.